The minimum absolute atomic E-state index is 0.135. The summed E-state index contributed by atoms with van der Waals surface area (Å²) in [5, 5.41) is 40.6. The van der Waals surface area contributed by atoms with Gasteiger partial charge in [0, 0.05) is 23.6 Å². The highest BCUT2D eigenvalue weighted by atomic mass is 32.2. The van der Waals surface area contributed by atoms with E-state index in [1.54, 1.807) is 18.2 Å². The van der Waals surface area contributed by atoms with Crippen molar-refractivity contribution >= 4 is 49.4 Å². The molecule has 15 heteroatoms. The van der Waals surface area contributed by atoms with Crippen LogP contribution in [0.25, 0.3) is 10.9 Å². The fourth-order valence-electron chi connectivity index (χ4n) is 3.30. The first-order valence-electron chi connectivity index (χ1n) is 9.96. The number of hydrogen-bond donors (Lipinski definition) is 3. The molecule has 0 saturated carbocycles. The van der Waals surface area contributed by atoms with E-state index in [1.807, 2.05) is 0 Å². The number of aromatic nitrogens is 1. The van der Waals surface area contributed by atoms with Gasteiger partial charge in [-0.05, 0) is 30.3 Å². The van der Waals surface area contributed by atoms with Crippen molar-refractivity contribution in [2.24, 2.45) is 10.2 Å². The molecule has 0 fully saturated rings. The van der Waals surface area contributed by atoms with E-state index < -0.39 is 36.3 Å². The molecule has 0 aliphatic carbocycles. The van der Waals surface area contributed by atoms with Crippen molar-refractivity contribution in [3.8, 4) is 11.6 Å². The lowest BCUT2D eigenvalue weighted by molar-refractivity contribution is -0.384. The molecule has 0 aliphatic rings. The number of aromatic hydroxyl groups is 1. The predicted octanol–water partition coefficient (Wildman–Crippen LogP) is 4.91. The van der Waals surface area contributed by atoms with Gasteiger partial charge in [0.2, 0.25) is 5.88 Å². The second-order valence-electron chi connectivity index (χ2n) is 7.22. The number of methoxy groups -OCH3 is 1. The third-order valence-electron chi connectivity index (χ3n) is 5.01. The number of hydrogen-bond acceptors (Lipinski definition) is 10. The van der Waals surface area contributed by atoms with Gasteiger partial charge in [-0.3, -0.25) is 25.0 Å². The number of aromatic amines is 1. The Morgan fingerprint density at radius 2 is 1.75 bits per heavy atom. The number of non-ortho nitro benzene ring substituents is 1. The Bertz CT molecular complexity index is 1650. The number of rotatable bonds is 8. The van der Waals surface area contributed by atoms with E-state index in [9.17, 15) is 33.8 Å². The van der Waals surface area contributed by atoms with Gasteiger partial charge < -0.3 is 14.8 Å². The zero-order valence-corrected chi connectivity index (χ0v) is 19.1. The first-order chi connectivity index (χ1) is 17.1. The van der Waals surface area contributed by atoms with E-state index in [0.29, 0.717) is 5.52 Å². The molecule has 0 bridgehead atoms. The molecule has 0 aliphatic heterocycles. The van der Waals surface area contributed by atoms with E-state index in [2.05, 4.69) is 19.9 Å². The lowest BCUT2D eigenvalue weighted by Gasteiger charge is -2.11. The average Bonchev–Trinajstić information content (AvgIpc) is 3.16. The van der Waals surface area contributed by atoms with Gasteiger partial charge in [0.1, 0.15) is 5.75 Å². The number of azo groups is 1. The minimum atomic E-state index is -4.24. The van der Waals surface area contributed by atoms with E-state index in [-0.39, 0.29) is 33.9 Å². The molecule has 4 rings (SSSR count). The Hall–Kier alpha value is -5.05. The van der Waals surface area contributed by atoms with Crippen LogP contribution in [0.3, 0.4) is 0 Å². The van der Waals surface area contributed by atoms with Crippen molar-refractivity contribution < 1.29 is 28.1 Å². The first-order valence-corrected chi connectivity index (χ1v) is 11.4. The summed E-state index contributed by atoms with van der Waals surface area (Å²) >= 11 is 0. The lowest BCUT2D eigenvalue weighted by Crippen LogP contribution is -2.13. The van der Waals surface area contributed by atoms with Crippen LogP contribution in [-0.2, 0) is 10.0 Å². The van der Waals surface area contributed by atoms with Crippen molar-refractivity contribution in [3.63, 3.8) is 0 Å². The topological polar surface area (TPSA) is 202 Å². The highest BCUT2D eigenvalue weighted by molar-refractivity contribution is 7.92. The number of anilines is 1. The quantitative estimate of drug-likeness (QED) is 0.168. The third kappa shape index (κ3) is 4.62. The number of sulfonamides is 1. The van der Waals surface area contributed by atoms with Crippen LogP contribution in [-0.4, -0.2) is 35.5 Å². The van der Waals surface area contributed by atoms with E-state index in [0.717, 1.165) is 24.3 Å². The molecular formula is C21H16N6O8S. The summed E-state index contributed by atoms with van der Waals surface area (Å²) < 4.78 is 33.1. The van der Waals surface area contributed by atoms with Crippen LogP contribution in [0.4, 0.5) is 28.4 Å². The van der Waals surface area contributed by atoms with Gasteiger partial charge in [0.15, 0.2) is 11.4 Å². The Kier molecular flexibility index (Phi) is 6.22. The number of nitro benzene ring substituents is 2. The SMILES string of the molecule is COc1ccccc1NS(=O)(=O)c1ccc(N=Nc2c(O)[nH]c3ccc([N+](=O)[O-])cc23)c([N+](=O)[O-])c1. The summed E-state index contributed by atoms with van der Waals surface area (Å²) in [7, 11) is -2.88. The highest BCUT2D eigenvalue weighted by Gasteiger charge is 2.23. The Labute approximate surface area is 202 Å². The summed E-state index contributed by atoms with van der Waals surface area (Å²) in [6.07, 6.45) is 0. The summed E-state index contributed by atoms with van der Waals surface area (Å²) in [5.41, 5.74) is -0.971. The fraction of sp³-hybridized carbons (Fsp3) is 0.0476. The number of H-pyrrole nitrogens is 1. The normalized spacial score (nSPS) is 11.6. The van der Waals surface area contributed by atoms with Crippen LogP contribution in [0, 0.1) is 20.2 Å². The maximum absolute atomic E-state index is 12.8. The fourth-order valence-corrected chi connectivity index (χ4v) is 4.39. The minimum Gasteiger partial charge on any atom is -0.495 e. The maximum Gasteiger partial charge on any atom is 0.298 e. The van der Waals surface area contributed by atoms with Gasteiger partial charge in [-0.15, -0.1) is 10.2 Å². The van der Waals surface area contributed by atoms with E-state index in [1.165, 1.54) is 25.3 Å². The van der Waals surface area contributed by atoms with Gasteiger partial charge in [-0.25, -0.2) is 8.42 Å². The summed E-state index contributed by atoms with van der Waals surface area (Å²) in [6.45, 7) is 0. The second-order valence-corrected chi connectivity index (χ2v) is 8.91. The molecule has 14 nitrogen and oxygen atoms in total. The molecule has 184 valence electrons. The Balaban J connectivity index is 1.72. The van der Waals surface area contributed by atoms with Crippen molar-refractivity contribution in [2.75, 3.05) is 11.8 Å². The Morgan fingerprint density at radius 1 is 1.00 bits per heavy atom. The van der Waals surface area contributed by atoms with Crippen LogP contribution < -0.4 is 9.46 Å². The van der Waals surface area contributed by atoms with Crippen LogP contribution in [0.5, 0.6) is 11.6 Å². The number of nitro groups is 2. The third-order valence-corrected chi connectivity index (χ3v) is 6.37. The summed E-state index contributed by atoms with van der Waals surface area (Å²) in [5.74, 6) is -0.211. The molecule has 0 amide bonds. The number of para-hydroxylation sites is 2. The van der Waals surface area contributed by atoms with Crippen LogP contribution in [0.2, 0.25) is 0 Å². The van der Waals surface area contributed by atoms with Gasteiger partial charge in [-0.1, -0.05) is 12.1 Å². The molecule has 0 atom stereocenters. The maximum atomic E-state index is 12.8. The zero-order valence-electron chi connectivity index (χ0n) is 18.3. The largest absolute Gasteiger partial charge is 0.495 e. The summed E-state index contributed by atoms with van der Waals surface area (Å²) in [4.78, 5) is 23.4. The van der Waals surface area contributed by atoms with Crippen molar-refractivity contribution in [1.82, 2.24) is 4.98 Å². The van der Waals surface area contributed by atoms with E-state index >= 15 is 0 Å². The van der Waals surface area contributed by atoms with E-state index in [4.69, 9.17) is 4.74 Å². The highest BCUT2D eigenvalue weighted by Crippen LogP contribution is 2.39. The zero-order chi connectivity index (χ0) is 26.0. The van der Waals surface area contributed by atoms with Crippen molar-refractivity contribution in [3.05, 3.63) is 80.9 Å². The number of nitrogens with one attached hydrogen (secondary N) is 2. The molecular weight excluding hydrogens is 496 g/mol. The van der Waals surface area contributed by atoms with Crippen molar-refractivity contribution in [2.45, 2.75) is 4.90 Å². The second kappa shape index (κ2) is 9.30. The molecule has 1 aromatic heterocycles. The monoisotopic (exact) mass is 512 g/mol. The van der Waals surface area contributed by atoms with Gasteiger partial charge >= 0.3 is 0 Å². The summed E-state index contributed by atoms with van der Waals surface area (Å²) in [6, 6.07) is 13.0. The molecule has 0 saturated heterocycles. The molecule has 3 N–H and O–H groups in total. The van der Waals surface area contributed by atoms with Crippen LogP contribution in [0.1, 0.15) is 0 Å². The predicted molar refractivity (Wildman–Crippen MR) is 128 cm³/mol. The molecule has 0 spiro atoms. The van der Waals surface area contributed by atoms with Gasteiger partial charge in [-0.2, -0.15) is 0 Å². The number of ether oxygens (including phenoxy) is 1. The average molecular weight is 512 g/mol. The van der Waals surface area contributed by atoms with Gasteiger partial charge in [0.25, 0.3) is 21.4 Å². The van der Waals surface area contributed by atoms with Gasteiger partial charge in [0.05, 0.1) is 33.1 Å². The first kappa shape index (κ1) is 24.1. The van der Waals surface area contributed by atoms with Crippen LogP contribution in [0.15, 0.2) is 75.8 Å². The lowest BCUT2D eigenvalue weighted by atomic mass is 10.2. The standard InChI is InChI=1S/C21H16N6O8S/c1-35-19-5-3-2-4-17(19)25-36(33,34)13-7-9-16(18(11-13)27(31)32)23-24-20-14-10-12(26(29)30)6-8-15(14)22-21(20)28/h2-11,22,25,28H,1H3. The molecule has 1 heterocycles. The number of benzene rings is 3. The molecule has 3 aromatic carbocycles. The molecule has 4 aromatic rings. The van der Waals surface area contributed by atoms with Crippen LogP contribution >= 0.6 is 0 Å². The van der Waals surface area contributed by atoms with Crippen molar-refractivity contribution in [1.29, 1.82) is 0 Å². The molecule has 0 radical (unpaired) electrons. The number of nitrogens with zero attached hydrogens (tertiary/aromatic N) is 4. The smallest absolute Gasteiger partial charge is 0.298 e. The number of fused-ring (bicyclic) bond motifs is 1. The molecule has 36 heavy (non-hydrogen) atoms. The molecule has 0 unspecified atom stereocenters. The Morgan fingerprint density at radius 3 is 2.44 bits per heavy atom.